The highest BCUT2D eigenvalue weighted by Crippen LogP contribution is 2.28. The van der Waals surface area contributed by atoms with Crippen molar-refractivity contribution >= 4 is 13.3 Å². The summed E-state index contributed by atoms with van der Waals surface area (Å²) in [6, 6.07) is 31.5. The van der Waals surface area contributed by atoms with Crippen LogP contribution in [0.4, 0.5) is 0 Å². The summed E-state index contributed by atoms with van der Waals surface area (Å²) < 4.78 is 5.92. The normalized spacial score (nSPS) is 11.6. The Morgan fingerprint density at radius 2 is 0.850 bits per heavy atom. The second-order valence-electron chi connectivity index (χ2n) is 11.8. The molecule has 0 aromatic heterocycles. The van der Waals surface area contributed by atoms with E-state index in [9.17, 15) is 0 Å². The molecule has 0 saturated carbocycles. The molecule has 0 aliphatic carbocycles. The predicted molar refractivity (Wildman–Crippen MR) is 181 cm³/mol. The van der Waals surface area contributed by atoms with Gasteiger partial charge in [0, 0.05) is 0 Å². The van der Waals surface area contributed by atoms with Crippen LogP contribution in [0.1, 0.15) is 105 Å². The molecular weight excluding hydrogens is 501 g/mol. The molecule has 0 aliphatic rings. The first-order valence-corrected chi connectivity index (χ1v) is 19.2. The Kier molecular flexibility index (Phi) is 14.6. The number of hydrogen-bond donors (Lipinski definition) is 0. The van der Waals surface area contributed by atoms with Gasteiger partial charge in [-0.25, -0.2) is 0 Å². The molecule has 0 atom stereocenters. The first-order chi connectivity index (χ1) is 19.7. The molecule has 40 heavy (non-hydrogen) atoms. The number of ether oxygens (including phenoxy) is 1. The van der Waals surface area contributed by atoms with Crippen LogP contribution in [0.5, 0.6) is 5.75 Å². The smallest absolute Gasteiger partial charge is 0.119 e. The van der Waals surface area contributed by atoms with E-state index in [4.69, 9.17) is 4.74 Å². The molecule has 3 rings (SSSR count). The van der Waals surface area contributed by atoms with Gasteiger partial charge >= 0.3 is 0 Å². The summed E-state index contributed by atoms with van der Waals surface area (Å²) in [5, 5.41) is 1.66. The van der Waals surface area contributed by atoms with Gasteiger partial charge in [0.15, 0.2) is 0 Å². The number of hydrogen-bond acceptors (Lipinski definition) is 1. The molecule has 0 bridgehead atoms. The summed E-state index contributed by atoms with van der Waals surface area (Å²) in [5.41, 5.74) is 5.11. The van der Waals surface area contributed by atoms with Crippen molar-refractivity contribution in [1.29, 1.82) is 0 Å². The Bertz CT molecular complexity index is 1050. The average Bonchev–Trinajstić information content (AvgIpc) is 3.01. The van der Waals surface area contributed by atoms with E-state index in [1.165, 1.54) is 111 Å². The van der Waals surface area contributed by atoms with Crippen LogP contribution in [0.25, 0.3) is 22.3 Å². The summed E-state index contributed by atoms with van der Waals surface area (Å²) in [4.78, 5) is 0. The van der Waals surface area contributed by atoms with Crippen molar-refractivity contribution in [3.8, 4) is 28.0 Å². The lowest BCUT2D eigenvalue weighted by Crippen LogP contribution is -2.46. The maximum atomic E-state index is 5.92. The van der Waals surface area contributed by atoms with Crippen molar-refractivity contribution in [3.05, 3.63) is 72.8 Å². The molecule has 0 N–H and O–H groups in total. The lowest BCUT2D eigenvalue weighted by Gasteiger charge is -2.30. The SMILES string of the molecule is CCCCCCCCCC[Si](CC)(CC)c1ccc(-c2ccc(-c3ccc(OCCCCCC)cc3)cc2)cc1. The van der Waals surface area contributed by atoms with E-state index in [1.54, 1.807) is 5.19 Å². The second-order valence-corrected chi connectivity index (χ2v) is 16.9. The third kappa shape index (κ3) is 9.95. The molecule has 0 aliphatic heterocycles. The average molecular weight is 557 g/mol. The van der Waals surface area contributed by atoms with Crippen LogP contribution in [0.15, 0.2) is 72.8 Å². The van der Waals surface area contributed by atoms with Gasteiger partial charge in [-0.15, -0.1) is 0 Å². The Hall–Kier alpha value is -2.32. The van der Waals surface area contributed by atoms with Crippen molar-refractivity contribution in [1.82, 2.24) is 0 Å². The lowest BCUT2D eigenvalue weighted by atomic mass is 10.0. The van der Waals surface area contributed by atoms with Gasteiger partial charge in [-0.2, -0.15) is 0 Å². The Morgan fingerprint density at radius 3 is 1.32 bits per heavy atom. The van der Waals surface area contributed by atoms with Crippen molar-refractivity contribution in [2.45, 2.75) is 123 Å². The third-order valence-corrected chi connectivity index (χ3v) is 14.6. The van der Waals surface area contributed by atoms with Crippen LogP contribution in [-0.2, 0) is 0 Å². The second kappa shape index (κ2) is 18.2. The molecule has 0 spiro atoms. The summed E-state index contributed by atoms with van der Waals surface area (Å²) in [6.45, 7) is 10.2. The van der Waals surface area contributed by atoms with Gasteiger partial charge in [0.25, 0.3) is 0 Å². The fourth-order valence-corrected chi connectivity index (χ4v) is 10.2. The first-order valence-electron chi connectivity index (χ1n) is 16.6. The minimum Gasteiger partial charge on any atom is -0.494 e. The maximum Gasteiger partial charge on any atom is 0.119 e. The first kappa shape index (κ1) is 32.2. The Labute approximate surface area is 247 Å². The molecule has 2 heteroatoms. The Morgan fingerprint density at radius 1 is 0.450 bits per heavy atom. The molecule has 0 amide bonds. The minimum absolute atomic E-state index is 0.812. The molecule has 3 aromatic carbocycles. The van der Waals surface area contributed by atoms with E-state index in [-0.39, 0.29) is 0 Å². The van der Waals surface area contributed by atoms with Gasteiger partial charge in [0.05, 0.1) is 14.7 Å². The molecule has 0 radical (unpaired) electrons. The number of rotatable bonds is 20. The lowest BCUT2D eigenvalue weighted by molar-refractivity contribution is 0.305. The van der Waals surface area contributed by atoms with Crippen LogP contribution < -0.4 is 9.92 Å². The summed E-state index contributed by atoms with van der Waals surface area (Å²) >= 11 is 0. The molecule has 0 saturated heterocycles. The van der Waals surface area contributed by atoms with Gasteiger partial charge in [0.1, 0.15) is 5.75 Å². The van der Waals surface area contributed by atoms with Crippen molar-refractivity contribution in [2.75, 3.05) is 6.61 Å². The van der Waals surface area contributed by atoms with Gasteiger partial charge in [0.2, 0.25) is 0 Å². The Balaban J connectivity index is 1.55. The fourth-order valence-electron chi connectivity index (χ4n) is 6.09. The highest BCUT2D eigenvalue weighted by Gasteiger charge is 2.30. The van der Waals surface area contributed by atoms with E-state index >= 15 is 0 Å². The minimum atomic E-state index is -1.41. The largest absolute Gasteiger partial charge is 0.494 e. The molecule has 0 fully saturated rings. The van der Waals surface area contributed by atoms with Gasteiger partial charge in [-0.1, -0.05) is 182 Å². The topological polar surface area (TPSA) is 9.23 Å². The van der Waals surface area contributed by atoms with Gasteiger partial charge < -0.3 is 4.74 Å². The van der Waals surface area contributed by atoms with E-state index in [0.29, 0.717) is 0 Å². The molecular formula is C38H56OSi. The van der Waals surface area contributed by atoms with Crippen molar-refractivity contribution in [2.24, 2.45) is 0 Å². The zero-order chi connectivity index (χ0) is 28.5. The van der Waals surface area contributed by atoms with Crippen LogP contribution in [0, 0.1) is 0 Å². The summed E-state index contributed by atoms with van der Waals surface area (Å²) in [5.74, 6) is 0.971. The zero-order valence-corrected chi connectivity index (χ0v) is 27.2. The molecule has 218 valence electrons. The van der Waals surface area contributed by atoms with Crippen molar-refractivity contribution < 1.29 is 4.74 Å². The third-order valence-electron chi connectivity index (χ3n) is 9.03. The van der Waals surface area contributed by atoms with Gasteiger partial charge in [-0.05, 0) is 40.8 Å². The van der Waals surface area contributed by atoms with Crippen LogP contribution in [0.2, 0.25) is 18.1 Å². The molecule has 3 aromatic rings. The van der Waals surface area contributed by atoms with Crippen LogP contribution >= 0.6 is 0 Å². The highest BCUT2D eigenvalue weighted by atomic mass is 28.3. The number of unbranched alkanes of at least 4 members (excludes halogenated alkanes) is 10. The predicted octanol–water partition coefficient (Wildman–Crippen LogP) is 11.8. The molecule has 0 heterocycles. The van der Waals surface area contributed by atoms with Gasteiger partial charge in [-0.3, -0.25) is 0 Å². The summed E-state index contributed by atoms with van der Waals surface area (Å²) in [6.07, 6.45) is 16.2. The number of benzene rings is 3. The fraction of sp³-hybridized carbons (Fsp3) is 0.526. The standard InChI is InChI=1S/C38H56OSi/c1-5-9-11-13-14-15-16-18-32-40(7-3,8-4)38-29-25-36(26-30-38)34-21-19-33(20-22-34)35-23-27-37(28-24-35)39-31-17-12-10-6-2/h19-30H,5-18,31-32H2,1-4H3. The van der Waals surface area contributed by atoms with E-state index < -0.39 is 8.07 Å². The molecule has 1 nitrogen and oxygen atoms in total. The van der Waals surface area contributed by atoms with Crippen molar-refractivity contribution in [3.63, 3.8) is 0 Å². The van der Waals surface area contributed by atoms with E-state index in [0.717, 1.165) is 18.8 Å². The van der Waals surface area contributed by atoms with Crippen LogP contribution in [-0.4, -0.2) is 14.7 Å². The van der Waals surface area contributed by atoms with E-state index in [1.807, 2.05) is 0 Å². The van der Waals surface area contributed by atoms with Crippen LogP contribution in [0.3, 0.4) is 0 Å². The molecule has 0 unspecified atom stereocenters. The van der Waals surface area contributed by atoms with E-state index in [2.05, 4.69) is 100 Å². The monoisotopic (exact) mass is 556 g/mol. The zero-order valence-electron chi connectivity index (χ0n) is 26.2. The maximum absolute atomic E-state index is 5.92. The summed E-state index contributed by atoms with van der Waals surface area (Å²) in [7, 11) is -1.41. The highest BCUT2D eigenvalue weighted by molar-refractivity contribution is 6.91. The quantitative estimate of drug-likeness (QED) is 0.0993.